The minimum absolute atomic E-state index is 0.200. The molecule has 0 radical (unpaired) electrons. The molecule has 0 saturated carbocycles. The standard InChI is InChI=1S/C49H35NO/c1-49(2)41-25-9-6-20-36(41)39-24-14-27-43(48(39)49)50(35-19-12-18-34(31-35)32-15-4-3-5-16-32)42-26-10-7-21-37(42)38-23-13-17-33-29-30-45-47(46(33)38)40-22-8-11-28-44(40)51-45/h3-31H,1-2H3. The number of hydrogen-bond acceptors (Lipinski definition) is 2. The van der Waals surface area contributed by atoms with Crippen molar-refractivity contribution in [3.05, 3.63) is 187 Å². The molecule has 0 N–H and O–H groups in total. The molecule has 0 saturated heterocycles. The summed E-state index contributed by atoms with van der Waals surface area (Å²) in [5.41, 5.74) is 15.1. The quantitative estimate of drug-likeness (QED) is 0.184. The number of nitrogens with zero attached hydrogens (tertiary/aromatic N) is 1. The summed E-state index contributed by atoms with van der Waals surface area (Å²) in [4.78, 5) is 2.50. The van der Waals surface area contributed by atoms with Crippen molar-refractivity contribution in [2.75, 3.05) is 4.90 Å². The predicted octanol–water partition coefficient (Wildman–Crippen LogP) is 13.8. The van der Waals surface area contributed by atoms with Crippen LogP contribution < -0.4 is 4.90 Å². The number of para-hydroxylation sites is 2. The number of rotatable bonds is 5. The van der Waals surface area contributed by atoms with Crippen LogP contribution in [0.5, 0.6) is 0 Å². The summed E-state index contributed by atoms with van der Waals surface area (Å²) in [6.45, 7) is 4.74. The Labute approximate surface area is 297 Å². The molecular weight excluding hydrogens is 619 g/mol. The highest BCUT2D eigenvalue weighted by molar-refractivity contribution is 6.23. The van der Waals surface area contributed by atoms with Gasteiger partial charge in [-0.15, -0.1) is 0 Å². The molecule has 8 aromatic carbocycles. The second-order valence-electron chi connectivity index (χ2n) is 14.1. The lowest BCUT2D eigenvalue weighted by atomic mass is 9.81. The van der Waals surface area contributed by atoms with Gasteiger partial charge in [-0.05, 0) is 80.7 Å². The van der Waals surface area contributed by atoms with Crippen molar-refractivity contribution >= 4 is 49.8 Å². The maximum Gasteiger partial charge on any atom is 0.136 e. The summed E-state index contributed by atoms with van der Waals surface area (Å²) in [5, 5.41) is 4.69. The van der Waals surface area contributed by atoms with Crippen LogP contribution >= 0.6 is 0 Å². The molecule has 0 aliphatic heterocycles. The average molecular weight is 654 g/mol. The van der Waals surface area contributed by atoms with Gasteiger partial charge in [0, 0.05) is 32.8 Å². The Morgan fingerprint density at radius 3 is 2.02 bits per heavy atom. The Hall–Kier alpha value is -6.38. The molecular formula is C49H35NO. The number of fused-ring (bicyclic) bond motifs is 8. The van der Waals surface area contributed by atoms with Gasteiger partial charge in [0.05, 0.1) is 11.4 Å². The lowest BCUT2D eigenvalue weighted by molar-refractivity contribution is 0.661. The van der Waals surface area contributed by atoms with Gasteiger partial charge < -0.3 is 9.32 Å². The molecule has 0 spiro atoms. The predicted molar refractivity (Wildman–Crippen MR) is 214 cm³/mol. The van der Waals surface area contributed by atoms with E-state index in [2.05, 4.69) is 189 Å². The van der Waals surface area contributed by atoms with Gasteiger partial charge in [0.1, 0.15) is 11.2 Å². The number of furan rings is 1. The molecule has 0 atom stereocenters. The van der Waals surface area contributed by atoms with E-state index in [1.54, 1.807) is 0 Å². The number of benzene rings is 8. The Kier molecular flexibility index (Phi) is 6.56. The van der Waals surface area contributed by atoms with Crippen LogP contribution in [0.25, 0.3) is 66.1 Å². The van der Waals surface area contributed by atoms with Crippen molar-refractivity contribution in [3.63, 3.8) is 0 Å². The van der Waals surface area contributed by atoms with E-state index >= 15 is 0 Å². The fourth-order valence-electron chi connectivity index (χ4n) is 8.58. The first-order valence-corrected chi connectivity index (χ1v) is 17.7. The van der Waals surface area contributed by atoms with Gasteiger partial charge in [0.15, 0.2) is 0 Å². The molecule has 0 fully saturated rings. The van der Waals surface area contributed by atoms with Crippen molar-refractivity contribution < 1.29 is 4.42 Å². The Balaban J connectivity index is 1.28. The van der Waals surface area contributed by atoms with E-state index in [0.717, 1.165) is 38.9 Å². The van der Waals surface area contributed by atoms with Gasteiger partial charge in [-0.25, -0.2) is 0 Å². The zero-order chi connectivity index (χ0) is 34.1. The first-order chi connectivity index (χ1) is 25.1. The minimum Gasteiger partial charge on any atom is -0.456 e. The van der Waals surface area contributed by atoms with Crippen LogP contribution in [0.2, 0.25) is 0 Å². The van der Waals surface area contributed by atoms with Crippen molar-refractivity contribution in [2.24, 2.45) is 0 Å². The van der Waals surface area contributed by atoms with Crippen LogP contribution in [0, 0.1) is 0 Å². The summed E-state index contributed by atoms with van der Waals surface area (Å²) in [6, 6.07) is 63.7. The zero-order valence-corrected chi connectivity index (χ0v) is 28.6. The SMILES string of the molecule is CC1(C)c2ccccc2-c2cccc(N(c3cccc(-c4ccccc4)c3)c3ccccc3-c3cccc4ccc5oc6ccccc6c5c34)c21. The Bertz CT molecular complexity index is 2790. The van der Waals surface area contributed by atoms with Gasteiger partial charge in [-0.1, -0.05) is 153 Å². The molecule has 1 aromatic heterocycles. The van der Waals surface area contributed by atoms with E-state index in [-0.39, 0.29) is 5.41 Å². The van der Waals surface area contributed by atoms with Gasteiger partial charge in [0.25, 0.3) is 0 Å². The van der Waals surface area contributed by atoms with Crippen molar-refractivity contribution in [3.8, 4) is 33.4 Å². The Morgan fingerprint density at radius 1 is 0.451 bits per heavy atom. The lowest BCUT2D eigenvalue weighted by Crippen LogP contribution is -2.21. The normalized spacial score (nSPS) is 13.1. The molecule has 1 aliphatic carbocycles. The number of hydrogen-bond donors (Lipinski definition) is 0. The van der Waals surface area contributed by atoms with Crippen LogP contribution in [-0.4, -0.2) is 0 Å². The summed E-state index contributed by atoms with van der Waals surface area (Å²) in [7, 11) is 0. The van der Waals surface area contributed by atoms with Crippen LogP contribution in [0.15, 0.2) is 180 Å². The van der Waals surface area contributed by atoms with Gasteiger partial charge >= 0.3 is 0 Å². The van der Waals surface area contributed by atoms with E-state index in [4.69, 9.17) is 4.42 Å². The average Bonchev–Trinajstić information content (AvgIpc) is 3.68. The van der Waals surface area contributed by atoms with E-state index in [0.29, 0.717) is 0 Å². The molecule has 0 unspecified atom stereocenters. The monoisotopic (exact) mass is 653 g/mol. The largest absolute Gasteiger partial charge is 0.456 e. The summed E-state index contributed by atoms with van der Waals surface area (Å²) < 4.78 is 6.42. The van der Waals surface area contributed by atoms with Gasteiger partial charge in [0.2, 0.25) is 0 Å². The first-order valence-electron chi connectivity index (χ1n) is 17.7. The smallest absolute Gasteiger partial charge is 0.136 e. The summed E-state index contributed by atoms with van der Waals surface area (Å²) >= 11 is 0. The number of anilines is 3. The second-order valence-corrected chi connectivity index (χ2v) is 14.1. The summed E-state index contributed by atoms with van der Waals surface area (Å²) in [6.07, 6.45) is 0. The molecule has 2 heteroatoms. The third-order valence-corrected chi connectivity index (χ3v) is 10.8. The molecule has 0 bridgehead atoms. The fourth-order valence-corrected chi connectivity index (χ4v) is 8.58. The van der Waals surface area contributed by atoms with Crippen LogP contribution in [-0.2, 0) is 5.41 Å². The molecule has 242 valence electrons. The third-order valence-electron chi connectivity index (χ3n) is 10.8. The van der Waals surface area contributed by atoms with Crippen molar-refractivity contribution in [2.45, 2.75) is 19.3 Å². The molecule has 1 heterocycles. The highest BCUT2D eigenvalue weighted by Crippen LogP contribution is 2.55. The Morgan fingerprint density at radius 2 is 1.12 bits per heavy atom. The molecule has 2 nitrogen and oxygen atoms in total. The van der Waals surface area contributed by atoms with E-state index in [9.17, 15) is 0 Å². The van der Waals surface area contributed by atoms with E-state index in [1.807, 2.05) is 6.07 Å². The zero-order valence-electron chi connectivity index (χ0n) is 28.6. The van der Waals surface area contributed by atoms with Gasteiger partial charge in [-0.3, -0.25) is 0 Å². The molecule has 1 aliphatic rings. The van der Waals surface area contributed by atoms with Gasteiger partial charge in [-0.2, -0.15) is 0 Å². The maximum absolute atomic E-state index is 6.42. The molecule has 0 amide bonds. The van der Waals surface area contributed by atoms with Crippen LogP contribution in [0.1, 0.15) is 25.0 Å². The second kappa shape index (κ2) is 11.3. The minimum atomic E-state index is -0.200. The topological polar surface area (TPSA) is 16.4 Å². The fraction of sp³-hybridized carbons (Fsp3) is 0.0612. The van der Waals surface area contributed by atoms with E-state index < -0.39 is 0 Å². The van der Waals surface area contributed by atoms with Crippen molar-refractivity contribution in [1.29, 1.82) is 0 Å². The van der Waals surface area contributed by atoms with Crippen molar-refractivity contribution in [1.82, 2.24) is 0 Å². The third kappa shape index (κ3) is 4.50. The first kappa shape index (κ1) is 29.5. The highest BCUT2D eigenvalue weighted by Gasteiger charge is 2.39. The maximum atomic E-state index is 6.42. The molecule has 10 rings (SSSR count). The lowest BCUT2D eigenvalue weighted by Gasteiger charge is -2.33. The van der Waals surface area contributed by atoms with E-state index in [1.165, 1.54) is 55.4 Å². The summed E-state index contributed by atoms with van der Waals surface area (Å²) in [5.74, 6) is 0. The van der Waals surface area contributed by atoms with Crippen LogP contribution in [0.4, 0.5) is 17.1 Å². The molecule has 51 heavy (non-hydrogen) atoms. The van der Waals surface area contributed by atoms with Crippen LogP contribution in [0.3, 0.4) is 0 Å². The molecule has 9 aromatic rings. The highest BCUT2D eigenvalue weighted by atomic mass is 16.3.